The Morgan fingerprint density at radius 2 is 0.826 bits per heavy atom. The van der Waals surface area contributed by atoms with Gasteiger partial charge in [-0.15, -0.1) is 11.3 Å². The maximum atomic E-state index is 9.02. The van der Waals surface area contributed by atoms with Crippen LogP contribution in [0, 0.1) is 0 Å². The summed E-state index contributed by atoms with van der Waals surface area (Å²) in [5, 5.41) is 6.47. The third-order valence-corrected chi connectivity index (χ3v) is 14.5. The summed E-state index contributed by atoms with van der Waals surface area (Å²) in [6.07, 6.45) is 0. The van der Waals surface area contributed by atoms with Gasteiger partial charge in [0.25, 0.3) is 0 Å². The van der Waals surface area contributed by atoms with Gasteiger partial charge in [0.2, 0.25) is 0 Å². The van der Waals surface area contributed by atoms with E-state index in [1.165, 1.54) is 0 Å². The molecule has 0 saturated heterocycles. The maximum absolute atomic E-state index is 9.02. The highest BCUT2D eigenvalue weighted by Crippen LogP contribution is 2.47. The van der Waals surface area contributed by atoms with E-state index < -0.39 is 6.04 Å². The lowest BCUT2D eigenvalue weighted by atomic mass is 9.98. The number of rotatable bonds is 7. The van der Waals surface area contributed by atoms with Crippen LogP contribution in [-0.4, -0.2) is 24.1 Å². The lowest BCUT2D eigenvalue weighted by molar-refractivity contribution is 1.07. The van der Waals surface area contributed by atoms with Crippen molar-refractivity contribution in [3.63, 3.8) is 0 Å². The van der Waals surface area contributed by atoms with Gasteiger partial charge in [0.05, 0.1) is 28.9 Å². The number of fused-ring (bicyclic) bond motifs is 9. The third kappa shape index (κ3) is 6.41. The molecule has 0 aliphatic heterocycles. The van der Waals surface area contributed by atoms with Crippen LogP contribution in [-0.2, 0) is 0 Å². The summed E-state index contributed by atoms with van der Waals surface area (Å²) in [4.78, 5) is 15.1. The highest BCUT2D eigenvalue weighted by atomic mass is 32.1. The predicted molar refractivity (Wildman–Crippen MR) is 289 cm³/mol. The third-order valence-electron chi connectivity index (χ3n) is 13.2. The Labute approximate surface area is 408 Å². The van der Waals surface area contributed by atoms with E-state index in [-0.39, 0.29) is 29.7 Å². The summed E-state index contributed by atoms with van der Waals surface area (Å²) in [7, 11) is 0. The molecule has 0 radical (unpaired) electrons. The first kappa shape index (κ1) is 34.4. The van der Waals surface area contributed by atoms with Gasteiger partial charge in [-0.2, -0.15) is 0 Å². The smallest absolute Gasteiger partial charge is 0.164 e. The van der Waals surface area contributed by atoms with Crippen LogP contribution in [0.2, 0.25) is 0 Å². The molecular weight excluding hydrogens is 859 g/mol. The second-order valence-electron chi connectivity index (χ2n) is 17.2. The van der Waals surface area contributed by atoms with Crippen molar-refractivity contribution in [3.8, 4) is 67.8 Å². The molecule has 0 bridgehead atoms. The molecule has 0 aliphatic rings. The molecule has 4 heterocycles. The van der Waals surface area contributed by atoms with Crippen LogP contribution in [0.15, 0.2) is 236 Å². The molecule has 322 valence electrons. The van der Waals surface area contributed by atoms with Gasteiger partial charge in [0.1, 0.15) is 0 Å². The van der Waals surface area contributed by atoms with Crippen LogP contribution in [0.25, 0.3) is 132 Å². The van der Waals surface area contributed by atoms with Crippen LogP contribution < -0.4 is 0 Å². The fourth-order valence-corrected chi connectivity index (χ4v) is 11.5. The Balaban J connectivity index is 1.02. The van der Waals surface area contributed by atoms with E-state index in [1.807, 2.05) is 72.8 Å². The zero-order valence-electron chi connectivity index (χ0n) is 41.8. The van der Waals surface area contributed by atoms with Crippen molar-refractivity contribution in [2.75, 3.05) is 0 Å². The highest BCUT2D eigenvalue weighted by molar-refractivity contribution is 7.26. The van der Waals surface area contributed by atoms with Gasteiger partial charge in [0.15, 0.2) is 17.5 Å². The first-order chi connectivity index (χ1) is 36.3. The van der Waals surface area contributed by atoms with E-state index >= 15 is 0 Å². The van der Waals surface area contributed by atoms with Crippen LogP contribution >= 0.6 is 11.3 Å². The lowest BCUT2D eigenvalue weighted by Crippen LogP contribution is -2.01. The van der Waals surface area contributed by atoms with Gasteiger partial charge in [-0.05, 0) is 65.2 Å². The van der Waals surface area contributed by atoms with Crippen molar-refractivity contribution >= 4 is 75.1 Å². The highest BCUT2D eigenvalue weighted by Gasteiger charge is 2.21. The van der Waals surface area contributed by atoms with Crippen LogP contribution in [0.4, 0.5) is 0 Å². The van der Waals surface area contributed by atoms with E-state index in [4.69, 9.17) is 21.8 Å². The minimum absolute atomic E-state index is 0.190. The Hall–Kier alpha value is -8.97. The summed E-state index contributed by atoms with van der Waals surface area (Å²) in [5.41, 5.74) is 11.6. The molecule has 6 heteroatoms. The van der Waals surface area contributed by atoms with Crippen molar-refractivity contribution in [1.82, 2.24) is 24.1 Å². The molecule has 0 aliphatic carbocycles. The maximum Gasteiger partial charge on any atom is 0.164 e. The quantitative estimate of drug-likeness (QED) is 0.160. The number of hydrogen-bond acceptors (Lipinski definition) is 4. The molecule has 0 amide bonds. The van der Waals surface area contributed by atoms with Gasteiger partial charge in [-0.1, -0.05) is 188 Å². The van der Waals surface area contributed by atoms with Gasteiger partial charge in [0, 0.05) is 75.3 Å². The molecule has 0 fully saturated rings. The molecule has 0 saturated carbocycles. The topological polar surface area (TPSA) is 48.5 Å². The molecule has 4 aromatic heterocycles. The Bertz CT molecular complexity index is 4480. The summed E-state index contributed by atoms with van der Waals surface area (Å²) < 4.78 is 50.1. The number of hydrogen-bond donors (Lipinski definition) is 0. The second-order valence-corrected chi connectivity index (χ2v) is 18.2. The number of thiophene rings is 1. The molecule has 69 heavy (non-hydrogen) atoms. The average Bonchev–Trinajstić information content (AvgIpc) is 4.17. The molecular formula is C63H39N5S. The number of nitrogens with zero attached hydrogens (tertiary/aromatic N) is 5. The van der Waals surface area contributed by atoms with Crippen LogP contribution in [0.3, 0.4) is 0 Å². The first-order valence-corrected chi connectivity index (χ1v) is 23.7. The normalized spacial score (nSPS) is 12.8. The second kappa shape index (κ2) is 15.8. The predicted octanol–water partition coefficient (Wildman–Crippen LogP) is 16.8. The number of aromatic nitrogens is 5. The zero-order valence-corrected chi connectivity index (χ0v) is 37.6. The minimum atomic E-state index is -0.412. The SMILES string of the molecule is [2H]c1c([2H])c([2H])c(-c2cccc3c2sc2c(-c4ccc5c6ccccc6n(-c6cccc(-c7nc(-c8ccccc8)nc(-c8ccccc8)n7)c6)c5c4)cc(-n4c5ccccc5c5ccccc54)cc23)c([2H])c1[2H]. The molecule has 0 atom stereocenters. The van der Waals surface area contributed by atoms with Crippen LogP contribution in [0.1, 0.15) is 6.85 Å². The fourth-order valence-electron chi connectivity index (χ4n) is 10.1. The van der Waals surface area contributed by atoms with Gasteiger partial charge < -0.3 is 9.13 Å². The summed E-state index contributed by atoms with van der Waals surface area (Å²) in [5.74, 6) is 1.76. The Morgan fingerprint density at radius 1 is 0.319 bits per heavy atom. The molecule has 0 spiro atoms. The van der Waals surface area contributed by atoms with Gasteiger partial charge in [-0.25, -0.2) is 15.0 Å². The monoisotopic (exact) mass is 902 g/mol. The Kier molecular flexibility index (Phi) is 7.89. The van der Waals surface area contributed by atoms with E-state index in [9.17, 15) is 0 Å². The van der Waals surface area contributed by atoms with Gasteiger partial charge in [-0.3, -0.25) is 0 Å². The molecule has 5 nitrogen and oxygen atoms in total. The largest absolute Gasteiger partial charge is 0.309 e. The van der Waals surface area contributed by atoms with Crippen molar-refractivity contribution in [1.29, 1.82) is 0 Å². The minimum Gasteiger partial charge on any atom is -0.309 e. The zero-order chi connectivity index (χ0) is 49.8. The lowest BCUT2D eigenvalue weighted by Gasteiger charge is -2.14. The molecule has 14 rings (SSSR count). The average molecular weight is 903 g/mol. The van der Waals surface area contributed by atoms with Crippen molar-refractivity contribution in [2.24, 2.45) is 0 Å². The van der Waals surface area contributed by atoms with E-state index in [1.54, 1.807) is 11.3 Å². The fraction of sp³-hybridized carbons (Fsp3) is 0. The first-order valence-electron chi connectivity index (χ1n) is 25.4. The summed E-state index contributed by atoms with van der Waals surface area (Å²) in [6.45, 7) is 0. The summed E-state index contributed by atoms with van der Waals surface area (Å²) >= 11 is 1.59. The van der Waals surface area contributed by atoms with E-state index in [2.05, 4.69) is 143 Å². The molecule has 0 unspecified atom stereocenters. The van der Waals surface area contributed by atoms with Crippen molar-refractivity contribution < 1.29 is 6.85 Å². The van der Waals surface area contributed by atoms with Crippen molar-refractivity contribution in [3.05, 3.63) is 236 Å². The molecule has 0 N–H and O–H groups in total. The number of para-hydroxylation sites is 3. The summed E-state index contributed by atoms with van der Waals surface area (Å²) in [6, 6.07) is 69.5. The van der Waals surface area contributed by atoms with Crippen LogP contribution in [0.5, 0.6) is 0 Å². The standard InChI is InChI=1S/C63H39N5S/c1-4-18-40(19-5-1)47-29-17-30-52-54-39-46(68-56-32-14-10-26-48(56)49-27-11-15-33-57(49)68)38-53(60(54)69-59(47)52)43-34-35-51-50-28-12-13-31-55(50)67(58(51)37-43)45-25-16-24-44(36-45)63-65-61(41-20-6-2-7-21-41)64-62(66-63)42-22-8-3-9-23-42/h1-39H/i1D,4D,5D,18D,19D. The number of benzene rings is 10. The van der Waals surface area contributed by atoms with E-state index in [0.717, 1.165) is 103 Å². The van der Waals surface area contributed by atoms with Gasteiger partial charge >= 0.3 is 0 Å². The molecule has 10 aromatic carbocycles. The molecule has 14 aromatic rings. The van der Waals surface area contributed by atoms with E-state index in [0.29, 0.717) is 23.0 Å². The Morgan fingerprint density at radius 3 is 1.46 bits per heavy atom. The van der Waals surface area contributed by atoms with Crippen molar-refractivity contribution in [2.45, 2.75) is 0 Å².